The molecule has 0 aromatic rings. The predicted molar refractivity (Wildman–Crippen MR) is 37.5 cm³/mol. The molecule has 12 heavy (non-hydrogen) atoms. The summed E-state index contributed by atoms with van der Waals surface area (Å²) >= 11 is 0. The molecule has 7 heteroatoms. The Morgan fingerprint density at radius 1 is 1.83 bits per heavy atom. The monoisotopic (exact) mass is 170 g/mol. The number of rotatable bonds is 1. The second-order valence-corrected chi connectivity index (χ2v) is 2.35. The Morgan fingerprint density at radius 3 is 2.92 bits per heavy atom. The van der Waals surface area contributed by atoms with Crippen LogP contribution < -0.4 is 0 Å². The van der Waals surface area contributed by atoms with Crippen molar-refractivity contribution in [3.63, 3.8) is 0 Å². The number of Topliss-reactive ketones (excluding diaryl/α,β-unsaturated/α-hetero) is 1. The van der Waals surface area contributed by atoms with Crippen LogP contribution in [0.15, 0.2) is 5.11 Å². The van der Waals surface area contributed by atoms with E-state index in [0.29, 0.717) is 0 Å². The van der Waals surface area contributed by atoms with E-state index in [-0.39, 0.29) is 18.9 Å². The number of carbonyl (C=O) groups is 2. The van der Waals surface area contributed by atoms with Crippen LogP contribution in [0.2, 0.25) is 0 Å². The second-order valence-electron chi connectivity index (χ2n) is 2.35. The summed E-state index contributed by atoms with van der Waals surface area (Å²) in [6, 6.07) is -0.842. The Labute approximate surface area is 67.2 Å². The van der Waals surface area contributed by atoms with Crippen molar-refractivity contribution in [2.24, 2.45) is 5.11 Å². The van der Waals surface area contributed by atoms with Crippen LogP contribution in [0.25, 0.3) is 10.4 Å². The lowest BCUT2D eigenvalue weighted by Crippen LogP contribution is -2.27. The topological polar surface area (TPSA) is 106 Å². The standard InChI is InChI=1S/C5H6N4O3/c6-8-7-3-1-9(5(11)12)2-4(3)10/h3H,1-2H2,(H,11,12). The van der Waals surface area contributed by atoms with Gasteiger partial charge in [0.1, 0.15) is 6.04 Å². The van der Waals surface area contributed by atoms with Gasteiger partial charge in [-0.2, -0.15) is 0 Å². The molecule has 1 amide bonds. The molecule has 0 spiro atoms. The van der Waals surface area contributed by atoms with E-state index in [2.05, 4.69) is 10.0 Å². The van der Waals surface area contributed by atoms with Crippen LogP contribution >= 0.6 is 0 Å². The summed E-state index contributed by atoms with van der Waals surface area (Å²) in [5.41, 5.74) is 8.01. The van der Waals surface area contributed by atoms with E-state index in [4.69, 9.17) is 10.6 Å². The van der Waals surface area contributed by atoms with Gasteiger partial charge in [0.05, 0.1) is 6.54 Å². The maximum atomic E-state index is 10.9. The van der Waals surface area contributed by atoms with E-state index < -0.39 is 12.1 Å². The Balaban J connectivity index is 2.68. The molecule has 1 aliphatic rings. The molecule has 64 valence electrons. The van der Waals surface area contributed by atoms with Crippen LogP contribution in [-0.2, 0) is 4.79 Å². The minimum Gasteiger partial charge on any atom is -0.465 e. The van der Waals surface area contributed by atoms with Crippen LogP contribution in [0.3, 0.4) is 0 Å². The highest BCUT2D eigenvalue weighted by molar-refractivity contribution is 5.91. The summed E-state index contributed by atoms with van der Waals surface area (Å²) in [5.74, 6) is -0.352. The molecule has 1 aliphatic heterocycles. The zero-order valence-corrected chi connectivity index (χ0v) is 6.04. The fourth-order valence-corrected chi connectivity index (χ4v) is 0.978. The number of hydrogen-bond acceptors (Lipinski definition) is 3. The molecule has 0 aromatic carbocycles. The second kappa shape index (κ2) is 3.10. The van der Waals surface area contributed by atoms with Gasteiger partial charge in [-0.15, -0.1) is 0 Å². The van der Waals surface area contributed by atoms with Crippen LogP contribution in [0.5, 0.6) is 0 Å². The zero-order valence-electron chi connectivity index (χ0n) is 6.04. The van der Waals surface area contributed by atoms with Crippen LogP contribution in [0.4, 0.5) is 4.79 Å². The van der Waals surface area contributed by atoms with Crippen molar-refractivity contribution < 1.29 is 14.7 Å². The van der Waals surface area contributed by atoms with Crippen molar-refractivity contribution in [2.45, 2.75) is 6.04 Å². The normalized spacial score (nSPS) is 22.2. The molecule has 7 nitrogen and oxygen atoms in total. The summed E-state index contributed by atoms with van der Waals surface area (Å²) in [4.78, 5) is 24.6. The van der Waals surface area contributed by atoms with Crippen molar-refractivity contribution in [1.82, 2.24) is 4.90 Å². The number of amides is 1. The minimum absolute atomic E-state index is 0.0295. The molecule has 1 atom stereocenters. The average molecular weight is 170 g/mol. The number of nitrogens with zero attached hydrogens (tertiary/aromatic N) is 4. The van der Waals surface area contributed by atoms with Crippen molar-refractivity contribution in [3.8, 4) is 0 Å². The molecule has 1 rings (SSSR count). The lowest BCUT2D eigenvalue weighted by Gasteiger charge is -2.07. The number of ketones is 1. The fourth-order valence-electron chi connectivity index (χ4n) is 0.978. The predicted octanol–water partition coefficient (Wildman–Crippen LogP) is 0.228. The number of hydrogen-bond donors (Lipinski definition) is 1. The molecule has 1 fully saturated rings. The van der Waals surface area contributed by atoms with Gasteiger partial charge >= 0.3 is 6.09 Å². The highest BCUT2D eigenvalue weighted by Crippen LogP contribution is 2.08. The van der Waals surface area contributed by atoms with Gasteiger partial charge in [-0.1, -0.05) is 5.11 Å². The van der Waals surface area contributed by atoms with Crippen molar-refractivity contribution in [3.05, 3.63) is 10.4 Å². The minimum atomic E-state index is -1.17. The van der Waals surface area contributed by atoms with E-state index in [0.717, 1.165) is 4.90 Å². The molecule has 1 heterocycles. The molecule has 1 unspecified atom stereocenters. The Bertz CT molecular complexity index is 270. The molecule has 0 bridgehead atoms. The molecular weight excluding hydrogens is 164 g/mol. The fraction of sp³-hybridized carbons (Fsp3) is 0.600. The van der Waals surface area contributed by atoms with E-state index in [9.17, 15) is 9.59 Å². The van der Waals surface area contributed by atoms with Gasteiger partial charge in [0.2, 0.25) is 0 Å². The quantitative estimate of drug-likeness (QED) is 0.345. The highest BCUT2D eigenvalue weighted by atomic mass is 16.4. The number of carboxylic acid groups (broad SMARTS) is 1. The molecule has 0 saturated carbocycles. The lowest BCUT2D eigenvalue weighted by molar-refractivity contribution is -0.117. The third kappa shape index (κ3) is 1.46. The van der Waals surface area contributed by atoms with Crippen LogP contribution in [0, 0.1) is 0 Å². The Kier molecular flexibility index (Phi) is 2.16. The first-order valence-corrected chi connectivity index (χ1v) is 3.20. The first-order chi connectivity index (χ1) is 5.65. The van der Waals surface area contributed by atoms with Gasteiger partial charge in [-0.25, -0.2) is 4.79 Å². The van der Waals surface area contributed by atoms with E-state index >= 15 is 0 Å². The van der Waals surface area contributed by atoms with Gasteiger partial charge in [0, 0.05) is 11.5 Å². The average Bonchev–Trinajstić information content (AvgIpc) is 2.34. The number of azide groups is 1. The van der Waals surface area contributed by atoms with Gasteiger partial charge < -0.3 is 10.0 Å². The summed E-state index contributed by atoms with van der Waals surface area (Å²) < 4.78 is 0. The summed E-state index contributed by atoms with van der Waals surface area (Å²) in [6.07, 6.45) is -1.17. The van der Waals surface area contributed by atoms with Gasteiger partial charge in [-0.05, 0) is 5.53 Å². The third-order valence-corrected chi connectivity index (χ3v) is 1.57. The molecule has 0 aliphatic carbocycles. The smallest absolute Gasteiger partial charge is 0.407 e. The van der Waals surface area contributed by atoms with Gasteiger partial charge in [0.15, 0.2) is 5.78 Å². The maximum Gasteiger partial charge on any atom is 0.407 e. The SMILES string of the molecule is [N-]=[N+]=NC1CN(C(=O)O)CC1=O. The number of likely N-dealkylation sites (tertiary alicyclic amines) is 1. The van der Waals surface area contributed by atoms with Crippen LogP contribution in [-0.4, -0.2) is 41.0 Å². The first-order valence-electron chi connectivity index (χ1n) is 3.20. The van der Waals surface area contributed by atoms with Crippen LogP contribution in [0.1, 0.15) is 0 Å². The lowest BCUT2D eigenvalue weighted by atomic mass is 10.3. The zero-order chi connectivity index (χ0) is 9.14. The Morgan fingerprint density at radius 2 is 2.50 bits per heavy atom. The van der Waals surface area contributed by atoms with Gasteiger partial charge in [-0.3, -0.25) is 4.79 Å². The van der Waals surface area contributed by atoms with E-state index in [1.165, 1.54) is 0 Å². The maximum absolute atomic E-state index is 10.9. The summed E-state index contributed by atoms with van der Waals surface area (Å²) in [6.45, 7) is -0.211. The van der Waals surface area contributed by atoms with Crippen molar-refractivity contribution in [1.29, 1.82) is 0 Å². The Hall–Kier alpha value is -1.75. The molecule has 1 N–H and O–H groups in total. The largest absolute Gasteiger partial charge is 0.465 e. The molecule has 1 saturated heterocycles. The van der Waals surface area contributed by atoms with Crippen molar-refractivity contribution in [2.75, 3.05) is 13.1 Å². The number of carbonyl (C=O) groups excluding carboxylic acids is 1. The van der Waals surface area contributed by atoms with E-state index in [1.807, 2.05) is 0 Å². The summed E-state index contributed by atoms with van der Waals surface area (Å²) in [5, 5.41) is 11.6. The van der Waals surface area contributed by atoms with E-state index in [1.54, 1.807) is 0 Å². The van der Waals surface area contributed by atoms with Crippen molar-refractivity contribution >= 4 is 11.9 Å². The summed E-state index contributed by atoms with van der Waals surface area (Å²) in [7, 11) is 0. The molecular formula is C5H6N4O3. The third-order valence-electron chi connectivity index (χ3n) is 1.57. The first kappa shape index (κ1) is 8.35. The highest BCUT2D eigenvalue weighted by Gasteiger charge is 2.32. The van der Waals surface area contributed by atoms with Gasteiger partial charge in [0.25, 0.3) is 0 Å². The molecule has 0 aromatic heterocycles. The molecule has 0 radical (unpaired) electrons.